The molecule has 1 rings (SSSR count). The Morgan fingerprint density at radius 2 is 1.68 bits per heavy atom. The molecule has 1 aromatic carbocycles. The number of ether oxygens (including phenoxy) is 1. The van der Waals surface area contributed by atoms with Gasteiger partial charge in [-0.15, -0.1) is 13.2 Å². The van der Waals surface area contributed by atoms with Crippen molar-refractivity contribution in [1.29, 1.82) is 0 Å². The van der Waals surface area contributed by atoms with Crippen molar-refractivity contribution in [2.24, 2.45) is 0 Å². The summed E-state index contributed by atoms with van der Waals surface area (Å²) in [5.74, 6) is -0.720. The van der Waals surface area contributed by atoms with Crippen LogP contribution < -0.4 is 4.74 Å². The molecule has 1 aromatic rings. The first-order valence-corrected chi connectivity index (χ1v) is 7.01. The van der Waals surface area contributed by atoms with Crippen molar-refractivity contribution < 1.29 is 26.3 Å². The van der Waals surface area contributed by atoms with Gasteiger partial charge in [0.05, 0.1) is 0 Å². The van der Waals surface area contributed by atoms with E-state index in [1.165, 1.54) is 12.1 Å². The number of alkyl halides is 3. The number of hydrogen-bond acceptors (Lipinski definition) is 3. The third-order valence-electron chi connectivity index (χ3n) is 2.40. The van der Waals surface area contributed by atoms with E-state index in [-0.39, 0.29) is 13.1 Å². The number of halogens is 3. The van der Waals surface area contributed by atoms with Gasteiger partial charge in [0.25, 0.3) is 0 Å². The molecule has 0 aromatic heterocycles. The van der Waals surface area contributed by atoms with Gasteiger partial charge in [-0.3, -0.25) is 0 Å². The lowest BCUT2D eigenvalue weighted by Gasteiger charge is -2.20. The molecule has 0 unspecified atom stereocenters. The first-order chi connectivity index (χ1) is 8.72. The van der Waals surface area contributed by atoms with Crippen LogP contribution in [0.5, 0.6) is 5.75 Å². The molecule has 0 radical (unpaired) electrons. The molecule has 0 atom stereocenters. The largest absolute Gasteiger partial charge is 0.573 e. The molecular formula is C11H14F3NO3S. The molecule has 0 aliphatic heterocycles. The zero-order valence-corrected chi connectivity index (χ0v) is 11.3. The van der Waals surface area contributed by atoms with Gasteiger partial charge in [-0.25, -0.2) is 8.42 Å². The summed E-state index contributed by atoms with van der Waals surface area (Å²) in [4.78, 5) is -0.490. The number of hydrogen-bond donors (Lipinski definition) is 0. The van der Waals surface area contributed by atoms with Gasteiger partial charge in [0.15, 0.2) is 0 Å². The van der Waals surface area contributed by atoms with Crippen LogP contribution in [0.3, 0.4) is 0 Å². The number of rotatable bonds is 5. The summed E-state index contributed by atoms with van der Waals surface area (Å²) >= 11 is 0. The average Bonchev–Trinajstić information content (AvgIpc) is 2.28. The summed E-state index contributed by atoms with van der Waals surface area (Å²) in [5, 5.41) is 0. The smallest absolute Gasteiger partial charge is 0.404 e. The van der Waals surface area contributed by atoms with E-state index in [1.807, 2.05) is 0 Å². The third kappa shape index (κ3) is 3.84. The van der Waals surface area contributed by atoms with E-state index in [4.69, 9.17) is 0 Å². The van der Waals surface area contributed by atoms with E-state index in [9.17, 15) is 21.6 Å². The Morgan fingerprint density at radius 3 is 2.16 bits per heavy atom. The predicted octanol–water partition coefficient (Wildman–Crippen LogP) is 2.62. The standard InChI is InChI=1S/C11H14F3NO3S/c1-3-15(4-2)19(16,17)10-8-6-5-7-9(10)18-11(12,13)14/h5-8H,3-4H2,1-2H3. The second-order valence-electron chi connectivity index (χ2n) is 3.58. The Bertz CT molecular complexity index is 524. The van der Waals surface area contributed by atoms with E-state index >= 15 is 0 Å². The second-order valence-corrected chi connectivity index (χ2v) is 5.49. The fourth-order valence-corrected chi connectivity index (χ4v) is 3.15. The van der Waals surface area contributed by atoms with Gasteiger partial charge in [0, 0.05) is 13.1 Å². The number of sulfonamides is 1. The van der Waals surface area contributed by atoms with Crippen molar-refractivity contribution in [2.75, 3.05) is 13.1 Å². The van der Waals surface area contributed by atoms with E-state index in [2.05, 4.69) is 4.74 Å². The monoisotopic (exact) mass is 297 g/mol. The number of nitrogens with zero attached hydrogens (tertiary/aromatic N) is 1. The molecular weight excluding hydrogens is 283 g/mol. The van der Waals surface area contributed by atoms with E-state index in [0.29, 0.717) is 0 Å². The van der Waals surface area contributed by atoms with Gasteiger partial charge in [0.1, 0.15) is 10.6 Å². The summed E-state index contributed by atoms with van der Waals surface area (Å²) in [5.41, 5.74) is 0. The van der Waals surface area contributed by atoms with Gasteiger partial charge in [-0.05, 0) is 12.1 Å². The Morgan fingerprint density at radius 1 is 1.16 bits per heavy atom. The quantitative estimate of drug-likeness (QED) is 0.839. The molecule has 19 heavy (non-hydrogen) atoms. The van der Waals surface area contributed by atoms with Crippen molar-refractivity contribution in [2.45, 2.75) is 25.1 Å². The molecule has 0 amide bonds. The molecule has 0 saturated carbocycles. The lowest BCUT2D eigenvalue weighted by atomic mass is 10.3. The van der Waals surface area contributed by atoms with Crippen LogP contribution in [0.2, 0.25) is 0 Å². The Balaban J connectivity index is 3.27. The van der Waals surface area contributed by atoms with Crippen LogP contribution in [0.1, 0.15) is 13.8 Å². The number of benzene rings is 1. The van der Waals surface area contributed by atoms with Crippen molar-refractivity contribution in [3.8, 4) is 5.75 Å². The van der Waals surface area contributed by atoms with Crippen molar-refractivity contribution in [1.82, 2.24) is 4.31 Å². The zero-order valence-electron chi connectivity index (χ0n) is 10.4. The maximum Gasteiger partial charge on any atom is 0.573 e. The predicted molar refractivity (Wildman–Crippen MR) is 63.2 cm³/mol. The molecule has 0 N–H and O–H groups in total. The van der Waals surface area contributed by atoms with E-state index in [1.54, 1.807) is 13.8 Å². The maximum absolute atomic E-state index is 12.2. The lowest BCUT2D eigenvalue weighted by molar-refractivity contribution is -0.275. The number of para-hydroxylation sites is 1. The molecule has 8 heteroatoms. The van der Waals surface area contributed by atoms with Gasteiger partial charge < -0.3 is 4.74 Å². The molecule has 0 saturated heterocycles. The fourth-order valence-electron chi connectivity index (χ4n) is 1.57. The summed E-state index contributed by atoms with van der Waals surface area (Å²) < 4.78 is 65.9. The average molecular weight is 297 g/mol. The molecule has 0 aliphatic carbocycles. The highest BCUT2D eigenvalue weighted by atomic mass is 32.2. The first kappa shape index (κ1) is 15.8. The van der Waals surface area contributed by atoms with Gasteiger partial charge in [-0.2, -0.15) is 4.31 Å². The second kappa shape index (κ2) is 5.79. The van der Waals surface area contributed by atoms with Crippen molar-refractivity contribution in [3.05, 3.63) is 24.3 Å². The van der Waals surface area contributed by atoms with Crippen LogP contribution in [0.25, 0.3) is 0 Å². The summed E-state index contributed by atoms with van der Waals surface area (Å²) in [6.07, 6.45) is -4.94. The molecule has 108 valence electrons. The first-order valence-electron chi connectivity index (χ1n) is 5.57. The van der Waals surface area contributed by atoms with E-state index in [0.717, 1.165) is 16.4 Å². The molecule has 0 heterocycles. The summed E-state index contributed by atoms with van der Waals surface area (Å²) in [6, 6.07) is 4.69. The molecule has 4 nitrogen and oxygen atoms in total. The van der Waals surface area contributed by atoms with Crippen molar-refractivity contribution in [3.63, 3.8) is 0 Å². The lowest BCUT2D eigenvalue weighted by Crippen LogP contribution is -2.31. The summed E-state index contributed by atoms with van der Waals surface area (Å²) in [7, 11) is -4.00. The molecule has 0 fully saturated rings. The van der Waals surface area contributed by atoms with Crippen LogP contribution >= 0.6 is 0 Å². The molecule has 0 aliphatic rings. The van der Waals surface area contributed by atoms with Crippen LogP contribution in [0, 0.1) is 0 Å². The maximum atomic E-state index is 12.2. The van der Waals surface area contributed by atoms with Crippen molar-refractivity contribution >= 4 is 10.0 Å². The minimum atomic E-state index is -4.94. The fraction of sp³-hybridized carbons (Fsp3) is 0.455. The topological polar surface area (TPSA) is 46.6 Å². The SMILES string of the molecule is CCN(CC)S(=O)(=O)c1ccccc1OC(F)(F)F. The van der Waals surface area contributed by atoms with Crippen LogP contribution in [0.15, 0.2) is 29.2 Å². The highest BCUT2D eigenvalue weighted by Crippen LogP contribution is 2.31. The Kier molecular flexibility index (Phi) is 4.81. The Labute approximate surface area is 109 Å². The Hall–Kier alpha value is -1.28. The van der Waals surface area contributed by atoms with Crippen LogP contribution in [-0.2, 0) is 10.0 Å². The molecule has 0 bridgehead atoms. The normalized spacial score (nSPS) is 12.7. The molecule has 0 spiro atoms. The minimum absolute atomic E-state index is 0.166. The highest BCUT2D eigenvalue weighted by Gasteiger charge is 2.34. The third-order valence-corrected chi connectivity index (χ3v) is 4.49. The minimum Gasteiger partial charge on any atom is -0.404 e. The van der Waals surface area contributed by atoms with E-state index < -0.39 is 27.0 Å². The highest BCUT2D eigenvalue weighted by molar-refractivity contribution is 7.89. The zero-order chi connectivity index (χ0) is 14.7. The van der Waals surface area contributed by atoms with Crippen LogP contribution in [0.4, 0.5) is 13.2 Å². The summed E-state index contributed by atoms with van der Waals surface area (Å²) in [6.45, 7) is 3.54. The van der Waals surface area contributed by atoms with Gasteiger partial charge in [0.2, 0.25) is 10.0 Å². The van der Waals surface area contributed by atoms with Gasteiger partial charge in [-0.1, -0.05) is 26.0 Å². The van der Waals surface area contributed by atoms with Gasteiger partial charge >= 0.3 is 6.36 Å². The van der Waals surface area contributed by atoms with Crippen LogP contribution in [-0.4, -0.2) is 32.2 Å².